The normalized spacial score (nSPS) is 12.6. The second-order valence-corrected chi connectivity index (χ2v) is 3.92. The van der Waals surface area contributed by atoms with Crippen molar-refractivity contribution >= 4 is 11.8 Å². The predicted molar refractivity (Wildman–Crippen MR) is 67.0 cm³/mol. The number of hydrogen-bond donors (Lipinski definition) is 3. The van der Waals surface area contributed by atoms with Crippen molar-refractivity contribution < 1.29 is 0 Å². The first-order valence-corrected chi connectivity index (χ1v) is 5.77. The average Bonchev–Trinajstić information content (AvgIpc) is 2.31. The maximum absolute atomic E-state index is 5.26. The fourth-order valence-corrected chi connectivity index (χ4v) is 1.86. The Hall–Kier alpha value is -1.36. The van der Waals surface area contributed by atoms with Crippen LogP contribution in [-0.2, 0) is 0 Å². The maximum atomic E-state index is 5.26. The Labute approximate surface area is 96.8 Å². The van der Waals surface area contributed by atoms with Gasteiger partial charge in [0.1, 0.15) is 5.82 Å². The van der Waals surface area contributed by atoms with E-state index in [9.17, 15) is 0 Å². The van der Waals surface area contributed by atoms with E-state index in [4.69, 9.17) is 5.84 Å². The molecule has 5 heteroatoms. The van der Waals surface area contributed by atoms with Gasteiger partial charge in [-0.05, 0) is 18.9 Å². The molecule has 0 saturated carbocycles. The highest BCUT2D eigenvalue weighted by molar-refractivity contribution is 5.39. The van der Waals surface area contributed by atoms with E-state index >= 15 is 0 Å². The van der Waals surface area contributed by atoms with E-state index in [-0.39, 0.29) is 0 Å². The zero-order valence-electron chi connectivity index (χ0n) is 10.2. The molecule has 1 unspecified atom stereocenters. The number of hydrazine groups is 1. The van der Waals surface area contributed by atoms with Gasteiger partial charge in [-0.3, -0.25) is 5.43 Å². The van der Waals surface area contributed by atoms with Crippen LogP contribution in [-0.4, -0.2) is 16.0 Å². The third kappa shape index (κ3) is 3.34. The zero-order chi connectivity index (χ0) is 12.0. The van der Waals surface area contributed by atoms with Gasteiger partial charge in [0, 0.05) is 12.2 Å². The van der Waals surface area contributed by atoms with E-state index in [0.29, 0.717) is 17.9 Å². The quantitative estimate of drug-likeness (QED) is 0.508. The highest BCUT2D eigenvalue weighted by atomic mass is 15.3. The van der Waals surface area contributed by atoms with E-state index in [2.05, 4.69) is 41.5 Å². The van der Waals surface area contributed by atoms with Crippen LogP contribution in [0.25, 0.3) is 0 Å². The Morgan fingerprint density at radius 1 is 1.38 bits per heavy atom. The molecular weight excluding hydrogens is 202 g/mol. The summed E-state index contributed by atoms with van der Waals surface area (Å²) in [5.74, 6) is 7.16. The summed E-state index contributed by atoms with van der Waals surface area (Å²) in [6.07, 6.45) is 4.01. The van der Waals surface area contributed by atoms with Crippen LogP contribution in [0.5, 0.6) is 0 Å². The molecule has 1 rings (SSSR count). The number of rotatable bonds is 6. The first-order chi connectivity index (χ1) is 7.71. The summed E-state index contributed by atoms with van der Waals surface area (Å²) in [5.41, 5.74) is 2.44. The van der Waals surface area contributed by atoms with Gasteiger partial charge in [0.25, 0.3) is 0 Å². The molecular formula is C11H21N5. The lowest BCUT2D eigenvalue weighted by molar-refractivity contribution is 0.437. The number of aromatic nitrogens is 2. The third-order valence-electron chi connectivity index (χ3n) is 2.92. The van der Waals surface area contributed by atoms with E-state index in [0.717, 1.165) is 18.7 Å². The van der Waals surface area contributed by atoms with Gasteiger partial charge in [-0.15, -0.1) is 0 Å². The Kier molecular flexibility index (Phi) is 4.98. The molecule has 1 aromatic heterocycles. The van der Waals surface area contributed by atoms with Crippen LogP contribution in [0.2, 0.25) is 0 Å². The lowest BCUT2D eigenvalue weighted by atomic mass is 9.95. The number of anilines is 2. The highest BCUT2D eigenvalue weighted by Gasteiger charge is 2.13. The molecule has 0 radical (unpaired) electrons. The molecule has 0 aliphatic rings. The Balaban J connectivity index is 2.64. The van der Waals surface area contributed by atoms with E-state index < -0.39 is 0 Å². The van der Waals surface area contributed by atoms with Crippen LogP contribution in [0, 0.1) is 5.92 Å². The van der Waals surface area contributed by atoms with Gasteiger partial charge in [0.15, 0.2) is 0 Å². The molecule has 0 bridgehead atoms. The summed E-state index contributed by atoms with van der Waals surface area (Å²) in [4.78, 5) is 8.19. The zero-order valence-corrected chi connectivity index (χ0v) is 10.2. The van der Waals surface area contributed by atoms with Crippen LogP contribution in [0.4, 0.5) is 11.8 Å². The molecule has 90 valence electrons. The van der Waals surface area contributed by atoms with Gasteiger partial charge >= 0.3 is 0 Å². The number of nitrogens with two attached hydrogens (primary N) is 1. The largest absolute Gasteiger partial charge is 0.367 e. The number of nitrogens with one attached hydrogen (secondary N) is 2. The van der Waals surface area contributed by atoms with Gasteiger partial charge in [0.05, 0.1) is 0 Å². The van der Waals surface area contributed by atoms with Crippen molar-refractivity contribution in [2.75, 3.05) is 10.7 Å². The van der Waals surface area contributed by atoms with Crippen LogP contribution in [0.3, 0.4) is 0 Å². The number of nitrogens with zero attached hydrogens (tertiary/aromatic N) is 2. The number of nitrogen functional groups attached to an aromatic ring is 1. The van der Waals surface area contributed by atoms with Crippen molar-refractivity contribution in [3.05, 3.63) is 12.3 Å². The summed E-state index contributed by atoms with van der Waals surface area (Å²) in [7, 11) is 0. The second kappa shape index (κ2) is 6.27. The van der Waals surface area contributed by atoms with Crippen LogP contribution in [0.15, 0.2) is 12.3 Å². The molecule has 0 aliphatic carbocycles. The van der Waals surface area contributed by atoms with Crippen molar-refractivity contribution in [1.29, 1.82) is 0 Å². The van der Waals surface area contributed by atoms with Crippen molar-refractivity contribution in [2.45, 2.75) is 39.7 Å². The third-order valence-corrected chi connectivity index (χ3v) is 2.92. The van der Waals surface area contributed by atoms with Gasteiger partial charge in [-0.1, -0.05) is 26.7 Å². The summed E-state index contributed by atoms with van der Waals surface area (Å²) in [5, 5.41) is 3.37. The van der Waals surface area contributed by atoms with E-state index in [1.807, 2.05) is 6.07 Å². The lowest BCUT2D eigenvalue weighted by Gasteiger charge is -2.22. The molecule has 0 aromatic carbocycles. The molecule has 1 aromatic rings. The summed E-state index contributed by atoms with van der Waals surface area (Å²) >= 11 is 0. The second-order valence-electron chi connectivity index (χ2n) is 3.92. The van der Waals surface area contributed by atoms with Crippen molar-refractivity contribution in [3.63, 3.8) is 0 Å². The summed E-state index contributed by atoms with van der Waals surface area (Å²) < 4.78 is 0. The monoisotopic (exact) mass is 223 g/mol. The molecule has 0 aliphatic heterocycles. The van der Waals surface area contributed by atoms with Crippen LogP contribution in [0.1, 0.15) is 33.6 Å². The van der Waals surface area contributed by atoms with Gasteiger partial charge in [0.2, 0.25) is 5.95 Å². The molecule has 4 N–H and O–H groups in total. The minimum atomic E-state index is 0.399. The molecule has 0 spiro atoms. The lowest BCUT2D eigenvalue weighted by Crippen LogP contribution is -2.25. The minimum absolute atomic E-state index is 0.399. The molecule has 16 heavy (non-hydrogen) atoms. The molecule has 0 saturated heterocycles. The molecule has 1 atom stereocenters. The maximum Gasteiger partial charge on any atom is 0.239 e. The average molecular weight is 223 g/mol. The predicted octanol–water partition coefficient (Wildman–Crippen LogP) is 2.00. The standard InChI is InChI=1S/C11H21N5/c1-4-9(5-2)8(3)14-10-6-7-13-11(15-10)16-12/h6-9H,4-5,12H2,1-3H3,(H2,13,14,15,16). The van der Waals surface area contributed by atoms with Gasteiger partial charge < -0.3 is 5.32 Å². The van der Waals surface area contributed by atoms with Crippen LogP contribution >= 0.6 is 0 Å². The first kappa shape index (κ1) is 12.7. The van der Waals surface area contributed by atoms with E-state index in [1.54, 1.807) is 6.20 Å². The minimum Gasteiger partial charge on any atom is -0.367 e. The fourth-order valence-electron chi connectivity index (χ4n) is 1.86. The Morgan fingerprint density at radius 2 is 2.06 bits per heavy atom. The molecule has 5 nitrogen and oxygen atoms in total. The fraction of sp³-hybridized carbons (Fsp3) is 0.636. The Morgan fingerprint density at radius 3 is 2.62 bits per heavy atom. The van der Waals surface area contributed by atoms with Crippen molar-refractivity contribution in [2.24, 2.45) is 11.8 Å². The number of hydrogen-bond acceptors (Lipinski definition) is 5. The first-order valence-electron chi connectivity index (χ1n) is 5.77. The topological polar surface area (TPSA) is 75.9 Å². The Bertz CT molecular complexity index is 311. The van der Waals surface area contributed by atoms with Gasteiger partial charge in [-0.2, -0.15) is 4.98 Å². The summed E-state index contributed by atoms with van der Waals surface area (Å²) in [6.45, 7) is 6.59. The van der Waals surface area contributed by atoms with Crippen LogP contribution < -0.4 is 16.6 Å². The molecule has 0 fully saturated rings. The highest BCUT2D eigenvalue weighted by Crippen LogP contribution is 2.16. The van der Waals surface area contributed by atoms with Crippen molar-refractivity contribution in [3.8, 4) is 0 Å². The van der Waals surface area contributed by atoms with Crippen molar-refractivity contribution in [1.82, 2.24) is 9.97 Å². The SMILES string of the molecule is CCC(CC)C(C)Nc1ccnc(NN)n1. The summed E-state index contributed by atoms with van der Waals surface area (Å²) in [6, 6.07) is 2.25. The van der Waals surface area contributed by atoms with Gasteiger partial charge in [-0.25, -0.2) is 10.8 Å². The van der Waals surface area contributed by atoms with E-state index in [1.165, 1.54) is 0 Å². The smallest absolute Gasteiger partial charge is 0.239 e. The molecule has 1 heterocycles. The molecule has 0 amide bonds.